The molecule has 1 fully saturated rings. The Hall–Kier alpha value is -10.9. The van der Waals surface area contributed by atoms with Crippen molar-refractivity contribution in [2.75, 3.05) is 37.0 Å². The quantitative estimate of drug-likeness (QED) is 0.0488. The van der Waals surface area contributed by atoms with E-state index in [0.29, 0.717) is 79.6 Å². The highest BCUT2D eigenvalue weighted by molar-refractivity contribution is 6.16. The van der Waals surface area contributed by atoms with Gasteiger partial charge in [0.1, 0.15) is 51.0 Å². The molecule has 85 heavy (non-hydrogen) atoms. The number of hydrogen-bond acceptors (Lipinski definition) is 14. The fraction of sp³-hybridized carbons (Fsp3) is 0.215. The number of halogens is 2. The molecule has 4 N–H and O–H groups in total. The number of furan rings is 2. The van der Waals surface area contributed by atoms with E-state index >= 15 is 0 Å². The Morgan fingerprint density at radius 2 is 1.48 bits per heavy atom. The number of H-pyrrole nitrogens is 1. The molecule has 0 spiro atoms. The van der Waals surface area contributed by atoms with Gasteiger partial charge in [-0.3, -0.25) is 29.0 Å². The van der Waals surface area contributed by atoms with Crippen LogP contribution in [0.15, 0.2) is 135 Å². The highest BCUT2D eigenvalue weighted by Crippen LogP contribution is 2.46. The first-order chi connectivity index (χ1) is 40.9. The molecule has 1 saturated carbocycles. The van der Waals surface area contributed by atoms with E-state index in [1.165, 1.54) is 66.4 Å². The van der Waals surface area contributed by atoms with Crippen LogP contribution in [-0.2, 0) is 12.0 Å². The summed E-state index contributed by atoms with van der Waals surface area (Å²) in [5.41, 5.74) is 1.76. The molecule has 0 aliphatic heterocycles. The first kappa shape index (κ1) is 56.0. The molecule has 0 saturated heterocycles. The van der Waals surface area contributed by atoms with Crippen LogP contribution >= 0.6 is 0 Å². The van der Waals surface area contributed by atoms with Gasteiger partial charge >= 0.3 is 0 Å². The maximum absolute atomic E-state index is 14.6. The number of nitrogens with zero attached hydrogens (tertiary/aromatic N) is 7. The lowest BCUT2D eigenvalue weighted by Gasteiger charge is -2.28. The molecular weight excluding hydrogens is 1080 g/mol. The van der Waals surface area contributed by atoms with Gasteiger partial charge in [-0.25, -0.2) is 18.7 Å². The van der Waals surface area contributed by atoms with Crippen LogP contribution in [0, 0.1) is 51.8 Å². The van der Waals surface area contributed by atoms with Crippen molar-refractivity contribution in [2.45, 2.75) is 58.0 Å². The number of ether oxygens (including phenoxy) is 1. The summed E-state index contributed by atoms with van der Waals surface area (Å²) < 4.78 is 47.7. The van der Waals surface area contributed by atoms with E-state index < -0.39 is 46.0 Å². The van der Waals surface area contributed by atoms with Gasteiger partial charge in [0.05, 0.1) is 46.6 Å². The van der Waals surface area contributed by atoms with Crippen molar-refractivity contribution in [3.8, 4) is 57.8 Å². The Labute approximate surface area is 484 Å². The molecule has 1 unspecified atom stereocenters. The monoisotopic (exact) mass is 1140 g/mol. The molecule has 4 aromatic heterocycles. The van der Waals surface area contributed by atoms with E-state index in [2.05, 4.69) is 49.4 Å². The molecular formula is C65H53F2N11O7. The number of aromatic nitrogens is 3. The van der Waals surface area contributed by atoms with Crippen LogP contribution in [0.2, 0.25) is 0 Å². The summed E-state index contributed by atoms with van der Waals surface area (Å²) in [6.07, 6.45) is 9.12. The van der Waals surface area contributed by atoms with E-state index in [4.69, 9.17) is 13.6 Å². The Kier molecular flexibility index (Phi) is 14.6. The molecule has 0 radical (unpaired) electrons. The Morgan fingerprint density at radius 1 is 0.788 bits per heavy atom. The highest BCUT2D eigenvalue weighted by atomic mass is 19.1. The van der Waals surface area contributed by atoms with Crippen LogP contribution in [0.25, 0.3) is 77.4 Å². The van der Waals surface area contributed by atoms with E-state index in [0.717, 1.165) is 0 Å². The Morgan fingerprint density at radius 3 is 2.14 bits per heavy atom. The number of carbonyl (C=O) groups is 3. The van der Waals surface area contributed by atoms with Crippen molar-refractivity contribution in [1.82, 2.24) is 30.9 Å². The maximum Gasteiger partial charge on any atom is 0.260 e. The molecule has 6 aromatic carbocycles. The number of pyridine rings is 1. The number of nitriles is 3. The molecule has 1 aliphatic rings. The Bertz CT molecular complexity index is 4570. The number of fused-ring (bicyclic) bond motifs is 6. The number of anilines is 2. The molecule has 1 atom stereocenters. The number of methoxy groups -OCH3 is 1. The number of nitrogens with one attached hydrogen (secondary N) is 4. The molecule has 1 aliphatic carbocycles. The van der Waals surface area contributed by atoms with Gasteiger partial charge in [-0.2, -0.15) is 15.8 Å². The number of rotatable bonds is 17. The second kappa shape index (κ2) is 22.1. The van der Waals surface area contributed by atoms with E-state index in [1.54, 1.807) is 107 Å². The number of benzene rings is 6. The molecule has 11 rings (SSSR count). The van der Waals surface area contributed by atoms with Crippen molar-refractivity contribution in [2.24, 2.45) is 5.92 Å². The van der Waals surface area contributed by atoms with Gasteiger partial charge < -0.3 is 34.5 Å². The van der Waals surface area contributed by atoms with E-state index in [-0.39, 0.29) is 81.3 Å². The topological polar surface area (TPSA) is 259 Å². The lowest BCUT2D eigenvalue weighted by Crippen LogP contribution is -2.48. The summed E-state index contributed by atoms with van der Waals surface area (Å²) in [5.74, 6) is -2.22. The number of amides is 3. The fourth-order valence-electron chi connectivity index (χ4n) is 10.7. The molecule has 0 bridgehead atoms. The van der Waals surface area contributed by atoms with Crippen LogP contribution in [0.1, 0.15) is 83.0 Å². The average molecular weight is 1140 g/mol. The third kappa shape index (κ3) is 10.1. The predicted octanol–water partition coefficient (Wildman–Crippen LogP) is 11.5. The molecule has 10 aromatic rings. The van der Waals surface area contributed by atoms with Crippen LogP contribution in [0.5, 0.6) is 5.75 Å². The summed E-state index contributed by atoms with van der Waals surface area (Å²) in [6, 6.07) is 30.0. The highest BCUT2D eigenvalue weighted by Gasteiger charge is 2.48. The third-order valence-corrected chi connectivity index (χ3v) is 15.9. The standard InChI is InChI=1S/C65H53F2N11O7/c1-7-77(33-69)51-31-54-47(56-58(85-54)42-17-16-41(67)26-49(42)74-62(56)82)29-45(51)43-27-48(60(80)75-64(4,32-68)35(2)3)52(83-6)25-38(43)18-23-78(34-70)50-30-53-46(55(61(81)71-5)57(84-53)36-12-14-40(66)15-13-36)28-44(50)37-10-8-11-39(24-37)59(79)76-65(19-20-65)63-72-21-9-22-73-63/h8-17,21-22,24-31,35H,7,18-20,23H2,1-6H3,(H,71,81)(H,74,82)(H,75,80)(H,76,79). The SMILES string of the molecule is CCN(C#N)c1cc2oc3c4ccc(F)cc4[nH]c(=O)c3c2cc1-c1cc(C(=O)NC(C)(C#N)C(C)C)c(OC)cc1CCN(C#N)c1cc2oc(-c3ccc(F)cc3)c(C(=O)NC)c2cc1-c1cccc(C(=O)NC2(c3ncccn3)CC2)c1. The van der Waals surface area contributed by atoms with Crippen molar-refractivity contribution in [1.29, 1.82) is 15.8 Å². The minimum absolute atomic E-state index is 0.0220. The predicted molar refractivity (Wildman–Crippen MR) is 316 cm³/mol. The fourth-order valence-corrected chi connectivity index (χ4v) is 10.7. The minimum atomic E-state index is -1.33. The number of aromatic amines is 1. The zero-order chi connectivity index (χ0) is 60.1. The zero-order valence-corrected chi connectivity index (χ0v) is 46.9. The van der Waals surface area contributed by atoms with Crippen LogP contribution in [0.3, 0.4) is 0 Å². The van der Waals surface area contributed by atoms with Gasteiger partial charge in [0, 0.05) is 83.1 Å². The summed E-state index contributed by atoms with van der Waals surface area (Å²) in [7, 11) is 2.86. The molecule has 18 nitrogen and oxygen atoms in total. The van der Waals surface area contributed by atoms with Gasteiger partial charge in [-0.05, 0) is 141 Å². The van der Waals surface area contributed by atoms with Crippen LogP contribution in [0.4, 0.5) is 20.2 Å². The summed E-state index contributed by atoms with van der Waals surface area (Å²) in [6.45, 7) is 7.06. The van der Waals surface area contributed by atoms with Gasteiger partial charge in [0.15, 0.2) is 18.2 Å². The van der Waals surface area contributed by atoms with Crippen molar-refractivity contribution in [3.63, 3.8) is 0 Å². The summed E-state index contributed by atoms with van der Waals surface area (Å²) in [4.78, 5) is 71.3. The summed E-state index contributed by atoms with van der Waals surface area (Å²) in [5, 5.41) is 42.4. The van der Waals surface area contributed by atoms with Gasteiger partial charge in [0.2, 0.25) is 0 Å². The van der Waals surface area contributed by atoms with Crippen molar-refractivity contribution >= 4 is 72.9 Å². The molecule has 3 amide bonds. The van der Waals surface area contributed by atoms with Gasteiger partial charge in [-0.15, -0.1) is 0 Å². The van der Waals surface area contributed by atoms with E-state index in [9.17, 15) is 43.7 Å². The Balaban J connectivity index is 1.09. The van der Waals surface area contributed by atoms with E-state index in [1.807, 2.05) is 0 Å². The van der Waals surface area contributed by atoms with Crippen molar-refractivity contribution < 1.29 is 36.7 Å². The average Bonchev–Trinajstić information content (AvgIpc) is 1.98. The van der Waals surface area contributed by atoms with Crippen molar-refractivity contribution in [3.05, 3.63) is 172 Å². The van der Waals surface area contributed by atoms with Crippen LogP contribution in [-0.4, -0.2) is 65.5 Å². The minimum Gasteiger partial charge on any atom is -0.496 e. The summed E-state index contributed by atoms with van der Waals surface area (Å²) >= 11 is 0. The van der Waals surface area contributed by atoms with Crippen LogP contribution < -0.4 is 36.0 Å². The number of carbonyl (C=O) groups excluding carboxylic acids is 3. The second-order valence-electron chi connectivity index (χ2n) is 21.2. The molecule has 20 heteroatoms. The largest absolute Gasteiger partial charge is 0.496 e. The van der Waals surface area contributed by atoms with Gasteiger partial charge in [-0.1, -0.05) is 26.0 Å². The normalized spacial score (nSPS) is 13.2. The second-order valence-corrected chi connectivity index (χ2v) is 21.2. The smallest absolute Gasteiger partial charge is 0.260 e. The number of hydrogen-bond donors (Lipinski definition) is 4. The molecule has 424 valence electrons. The first-order valence-electron chi connectivity index (χ1n) is 27.3. The first-order valence-corrected chi connectivity index (χ1v) is 27.3. The lowest BCUT2D eigenvalue weighted by atomic mass is 9.88. The van der Waals surface area contributed by atoms with Gasteiger partial charge in [0.25, 0.3) is 23.3 Å². The lowest BCUT2D eigenvalue weighted by molar-refractivity contribution is 0.0901. The third-order valence-electron chi connectivity index (χ3n) is 15.9. The molecule has 4 heterocycles. The zero-order valence-electron chi connectivity index (χ0n) is 46.9. The maximum atomic E-state index is 14.6.